The first-order valence-corrected chi connectivity index (χ1v) is 9.37. The number of hydrogen-bond donors (Lipinski definition) is 3. The van der Waals surface area contributed by atoms with E-state index in [4.69, 9.17) is 0 Å². The lowest BCUT2D eigenvalue weighted by molar-refractivity contribution is 0.156. The predicted molar refractivity (Wildman–Crippen MR) is 82.8 cm³/mol. The van der Waals surface area contributed by atoms with Crippen molar-refractivity contribution >= 4 is 21.9 Å². The van der Waals surface area contributed by atoms with Gasteiger partial charge in [0.2, 0.25) is 0 Å². The monoisotopic (exact) mass is 374 g/mol. The number of aliphatic hydroxyl groups excluding tert-OH is 1. The summed E-state index contributed by atoms with van der Waals surface area (Å²) in [5, 5.41) is 14.2. The minimum absolute atomic E-state index is 0.0329. The Morgan fingerprint density at radius 2 is 1.67 bits per heavy atom. The molecule has 0 aliphatic heterocycles. The second kappa shape index (κ2) is 5.76. The van der Waals surface area contributed by atoms with Gasteiger partial charge in [-0.15, -0.1) is 0 Å². The SMILES string of the molecule is O=C(Nc1ccc(S(F)(F)(F)(F)F)cc1)N[C@@H]1CCCC[C@H]1CO. The minimum Gasteiger partial charge on any atom is -0.396 e. The number of amides is 2. The molecule has 1 aromatic carbocycles. The number of halogens is 5. The first-order valence-electron chi connectivity index (χ1n) is 7.41. The Morgan fingerprint density at radius 1 is 1.08 bits per heavy atom. The highest BCUT2D eigenvalue weighted by atomic mass is 32.5. The molecule has 2 atom stereocenters. The van der Waals surface area contributed by atoms with Crippen LogP contribution in [0.4, 0.5) is 29.9 Å². The van der Waals surface area contributed by atoms with Gasteiger partial charge in [-0.2, -0.15) is 0 Å². The van der Waals surface area contributed by atoms with Crippen molar-refractivity contribution in [1.82, 2.24) is 5.32 Å². The third kappa shape index (κ3) is 4.97. The van der Waals surface area contributed by atoms with Crippen LogP contribution in [0.2, 0.25) is 0 Å². The molecule has 1 aromatic rings. The summed E-state index contributed by atoms with van der Waals surface area (Å²) in [6, 6.07) is 1.16. The summed E-state index contributed by atoms with van der Waals surface area (Å²) in [6.07, 6.45) is 3.34. The highest BCUT2D eigenvalue weighted by Gasteiger charge is 2.65. The zero-order valence-electron chi connectivity index (χ0n) is 12.7. The number of aliphatic hydroxyl groups is 1. The Kier molecular flexibility index (Phi) is 4.51. The summed E-state index contributed by atoms with van der Waals surface area (Å²) in [5.74, 6) is -0.0694. The van der Waals surface area contributed by atoms with E-state index in [9.17, 15) is 29.3 Å². The Morgan fingerprint density at radius 3 is 2.21 bits per heavy atom. The zero-order valence-corrected chi connectivity index (χ0v) is 13.5. The lowest BCUT2D eigenvalue weighted by Gasteiger charge is -2.40. The summed E-state index contributed by atoms with van der Waals surface area (Å²) in [4.78, 5) is 9.88. The molecule has 1 saturated carbocycles. The van der Waals surface area contributed by atoms with Crippen LogP contribution in [0.15, 0.2) is 29.2 Å². The fraction of sp³-hybridized carbons (Fsp3) is 0.500. The number of hydrogen-bond acceptors (Lipinski definition) is 2. The van der Waals surface area contributed by atoms with E-state index in [1.165, 1.54) is 0 Å². The van der Waals surface area contributed by atoms with Crippen LogP contribution in [0.5, 0.6) is 0 Å². The van der Waals surface area contributed by atoms with Gasteiger partial charge in [0.25, 0.3) is 0 Å². The van der Waals surface area contributed by atoms with Crippen molar-refractivity contribution in [3.05, 3.63) is 24.3 Å². The summed E-state index contributed by atoms with van der Waals surface area (Å²) in [7, 11) is -9.71. The summed E-state index contributed by atoms with van der Waals surface area (Å²) in [5.41, 5.74) is -0.0329. The average Bonchev–Trinajstić information content (AvgIpc) is 2.46. The van der Waals surface area contributed by atoms with Crippen LogP contribution in [0.25, 0.3) is 0 Å². The van der Waals surface area contributed by atoms with Crippen molar-refractivity contribution in [3.63, 3.8) is 0 Å². The molecule has 1 aliphatic rings. The Labute approximate surface area is 136 Å². The Bertz CT molecular complexity index is 606. The molecule has 1 aliphatic carbocycles. The molecule has 2 amide bonds. The average molecular weight is 374 g/mol. The van der Waals surface area contributed by atoms with E-state index in [1.807, 2.05) is 0 Å². The zero-order chi connectivity index (χ0) is 18.1. The maximum Gasteiger partial charge on any atom is 0.319 e. The van der Waals surface area contributed by atoms with Crippen molar-refractivity contribution in [2.24, 2.45) is 5.92 Å². The first-order chi connectivity index (χ1) is 10.9. The molecular weight excluding hydrogens is 355 g/mol. The molecule has 24 heavy (non-hydrogen) atoms. The maximum absolute atomic E-state index is 12.6. The molecule has 1 fully saturated rings. The van der Waals surface area contributed by atoms with Gasteiger partial charge in [-0.3, -0.25) is 0 Å². The van der Waals surface area contributed by atoms with E-state index in [0.29, 0.717) is 6.42 Å². The number of rotatable bonds is 4. The number of urea groups is 1. The van der Waals surface area contributed by atoms with E-state index in [0.717, 1.165) is 31.4 Å². The van der Waals surface area contributed by atoms with Gasteiger partial charge in [-0.05, 0) is 37.1 Å². The van der Waals surface area contributed by atoms with Gasteiger partial charge >= 0.3 is 16.3 Å². The second-order valence-electron chi connectivity index (χ2n) is 5.93. The molecule has 10 heteroatoms. The fourth-order valence-corrected chi connectivity index (χ4v) is 3.40. The molecule has 0 radical (unpaired) electrons. The molecule has 0 unspecified atom stereocenters. The van der Waals surface area contributed by atoms with Crippen LogP contribution in [0, 0.1) is 5.92 Å². The Balaban J connectivity index is 2.00. The number of carbonyl (C=O) groups is 1. The molecule has 2 rings (SSSR count). The normalized spacial score (nSPS) is 24.6. The quantitative estimate of drug-likeness (QED) is 0.649. The third-order valence-electron chi connectivity index (χ3n) is 4.02. The van der Waals surface area contributed by atoms with Crippen LogP contribution in [-0.2, 0) is 0 Å². The lowest BCUT2D eigenvalue weighted by atomic mass is 9.85. The van der Waals surface area contributed by atoms with Crippen molar-refractivity contribution in [2.45, 2.75) is 36.6 Å². The lowest BCUT2D eigenvalue weighted by Crippen LogP contribution is -2.45. The molecule has 0 spiro atoms. The topological polar surface area (TPSA) is 61.4 Å². The molecule has 4 nitrogen and oxygen atoms in total. The number of anilines is 1. The molecule has 0 aromatic heterocycles. The molecule has 0 bridgehead atoms. The van der Waals surface area contributed by atoms with Gasteiger partial charge in [0.15, 0.2) is 0 Å². The van der Waals surface area contributed by atoms with E-state index < -0.39 is 21.2 Å². The number of nitrogens with one attached hydrogen (secondary N) is 2. The van der Waals surface area contributed by atoms with E-state index in [1.54, 1.807) is 0 Å². The van der Waals surface area contributed by atoms with E-state index in [2.05, 4.69) is 10.6 Å². The van der Waals surface area contributed by atoms with Crippen LogP contribution >= 0.6 is 10.2 Å². The second-order valence-corrected chi connectivity index (χ2v) is 8.33. The smallest absolute Gasteiger partial charge is 0.319 e. The number of carbonyl (C=O) groups excluding carboxylic acids is 1. The molecule has 138 valence electrons. The fourth-order valence-electron chi connectivity index (χ4n) is 2.75. The minimum atomic E-state index is -9.71. The van der Waals surface area contributed by atoms with Gasteiger partial charge in [0.05, 0.1) is 0 Å². The van der Waals surface area contributed by atoms with Gasteiger partial charge in [0.1, 0.15) is 4.90 Å². The van der Waals surface area contributed by atoms with Gasteiger partial charge in [-0.1, -0.05) is 32.3 Å². The van der Waals surface area contributed by atoms with E-state index in [-0.39, 0.29) is 36.4 Å². The summed E-state index contributed by atoms with van der Waals surface area (Å²) in [6.45, 7) is -0.0659. The van der Waals surface area contributed by atoms with E-state index >= 15 is 0 Å². The van der Waals surface area contributed by atoms with Crippen molar-refractivity contribution in [3.8, 4) is 0 Å². The number of benzene rings is 1. The van der Waals surface area contributed by atoms with Crippen LogP contribution in [-0.4, -0.2) is 23.8 Å². The van der Waals surface area contributed by atoms with Gasteiger partial charge < -0.3 is 15.7 Å². The largest absolute Gasteiger partial charge is 0.396 e. The molecule has 0 heterocycles. The van der Waals surface area contributed by atoms with Crippen molar-refractivity contribution < 1.29 is 29.3 Å². The van der Waals surface area contributed by atoms with Crippen LogP contribution in [0.3, 0.4) is 0 Å². The van der Waals surface area contributed by atoms with Crippen molar-refractivity contribution in [2.75, 3.05) is 11.9 Å². The van der Waals surface area contributed by atoms with Crippen molar-refractivity contribution in [1.29, 1.82) is 0 Å². The maximum atomic E-state index is 12.6. The molecule has 0 saturated heterocycles. The molecule has 3 N–H and O–H groups in total. The highest BCUT2D eigenvalue weighted by Crippen LogP contribution is 3.02. The summed E-state index contributed by atoms with van der Waals surface area (Å²) < 4.78 is 63.0. The standard InChI is InChI=1S/C14H19F5N2O2S/c15-24(16,17,18,19)12-7-5-11(6-8-12)20-14(23)21-13-4-2-1-3-10(13)9-22/h5-8,10,13,22H,1-4,9H2,(H2,20,21,23)/t10-,13+/m0/s1. The highest BCUT2D eigenvalue weighted by molar-refractivity contribution is 8.45. The van der Waals surface area contributed by atoms with Crippen LogP contribution < -0.4 is 10.6 Å². The first kappa shape index (κ1) is 18.8. The Hall–Kier alpha value is -1.55. The predicted octanol–water partition coefficient (Wildman–Crippen LogP) is 5.02. The van der Waals surface area contributed by atoms with Gasteiger partial charge in [-0.25, -0.2) is 4.79 Å². The summed E-state index contributed by atoms with van der Waals surface area (Å²) >= 11 is 0. The molecular formula is C14H19F5N2O2S. The third-order valence-corrected chi connectivity index (χ3v) is 5.18. The van der Waals surface area contributed by atoms with Crippen LogP contribution in [0.1, 0.15) is 25.7 Å². The van der Waals surface area contributed by atoms with Gasteiger partial charge in [0, 0.05) is 24.3 Å².